The lowest BCUT2D eigenvalue weighted by atomic mass is 10.1. The third kappa shape index (κ3) is 6.58. The molecule has 116 valence electrons. The molecule has 0 aliphatic heterocycles. The monoisotopic (exact) mass is 281 g/mol. The summed E-state index contributed by atoms with van der Waals surface area (Å²) < 4.78 is 11.7. The van der Waals surface area contributed by atoms with Gasteiger partial charge in [-0.15, -0.1) is 0 Å². The molecule has 1 aromatic rings. The first kappa shape index (κ1) is 17.3. The summed E-state index contributed by atoms with van der Waals surface area (Å²) in [6, 6.07) is 2.09. The number of hydrogen-bond acceptors (Lipinski definition) is 3. The van der Waals surface area contributed by atoms with Crippen LogP contribution in [0.4, 0.5) is 0 Å². The van der Waals surface area contributed by atoms with Gasteiger partial charge in [-0.05, 0) is 50.3 Å². The molecule has 0 amide bonds. The predicted molar refractivity (Wildman–Crippen MR) is 83.7 cm³/mol. The highest BCUT2D eigenvalue weighted by Gasteiger charge is 2.10. The lowest BCUT2D eigenvalue weighted by Crippen LogP contribution is -2.19. The van der Waals surface area contributed by atoms with E-state index in [0.717, 1.165) is 31.0 Å². The molecule has 1 unspecified atom stereocenters. The molecule has 0 spiro atoms. The van der Waals surface area contributed by atoms with Gasteiger partial charge >= 0.3 is 0 Å². The number of rotatable bonds is 9. The van der Waals surface area contributed by atoms with Gasteiger partial charge in [-0.3, -0.25) is 0 Å². The van der Waals surface area contributed by atoms with Crippen molar-refractivity contribution in [2.75, 3.05) is 6.54 Å². The molecule has 1 aromatic heterocycles. The molecule has 20 heavy (non-hydrogen) atoms. The molecule has 3 heteroatoms. The molecule has 1 atom stereocenters. The van der Waals surface area contributed by atoms with Crippen LogP contribution in [0.15, 0.2) is 10.5 Å². The van der Waals surface area contributed by atoms with E-state index < -0.39 is 0 Å². The van der Waals surface area contributed by atoms with Crippen molar-refractivity contribution in [3.8, 4) is 0 Å². The summed E-state index contributed by atoms with van der Waals surface area (Å²) in [4.78, 5) is 0. The van der Waals surface area contributed by atoms with Gasteiger partial charge in [0.25, 0.3) is 0 Å². The zero-order chi connectivity index (χ0) is 15.1. The molecule has 0 radical (unpaired) electrons. The maximum Gasteiger partial charge on any atom is 0.130 e. The maximum absolute atomic E-state index is 5.86. The number of ether oxygens (including phenoxy) is 1. The summed E-state index contributed by atoms with van der Waals surface area (Å²) in [5.41, 5.74) is 1.20. The molecular formula is C17H31NO2. The highest BCUT2D eigenvalue weighted by Crippen LogP contribution is 2.17. The third-order valence-corrected chi connectivity index (χ3v) is 3.22. The fourth-order valence-corrected chi connectivity index (χ4v) is 2.27. The number of nitrogens with one attached hydrogen (secondary N) is 1. The average Bonchev–Trinajstić information content (AvgIpc) is 2.66. The first-order valence-corrected chi connectivity index (χ1v) is 7.79. The van der Waals surface area contributed by atoms with Gasteiger partial charge in [-0.2, -0.15) is 0 Å². The minimum atomic E-state index is 0.280. The first-order chi connectivity index (χ1) is 9.38. The Bertz CT molecular complexity index is 382. The smallest absolute Gasteiger partial charge is 0.130 e. The molecule has 3 nitrogen and oxygen atoms in total. The van der Waals surface area contributed by atoms with E-state index in [2.05, 4.69) is 52.9 Å². The molecule has 0 fully saturated rings. The van der Waals surface area contributed by atoms with Gasteiger partial charge in [-0.25, -0.2) is 0 Å². The SMILES string of the molecule is Cc1cc(COC(C)CC(C)C)oc1CNCC(C)C. The highest BCUT2D eigenvalue weighted by molar-refractivity contribution is 5.19. The zero-order valence-electron chi connectivity index (χ0n) is 14.0. The van der Waals surface area contributed by atoms with Crippen molar-refractivity contribution >= 4 is 0 Å². The predicted octanol–water partition coefficient (Wildman–Crippen LogP) is 4.28. The van der Waals surface area contributed by atoms with Crippen molar-refractivity contribution in [1.29, 1.82) is 0 Å². The van der Waals surface area contributed by atoms with Crippen molar-refractivity contribution in [3.05, 3.63) is 23.2 Å². The Hall–Kier alpha value is -0.800. The van der Waals surface area contributed by atoms with Crippen LogP contribution in [0.3, 0.4) is 0 Å². The lowest BCUT2D eigenvalue weighted by Gasteiger charge is -2.14. The summed E-state index contributed by atoms with van der Waals surface area (Å²) in [6.45, 7) is 15.4. The van der Waals surface area contributed by atoms with E-state index in [9.17, 15) is 0 Å². The Morgan fingerprint density at radius 1 is 1.15 bits per heavy atom. The minimum absolute atomic E-state index is 0.280. The second kappa shape index (κ2) is 8.48. The van der Waals surface area contributed by atoms with E-state index in [4.69, 9.17) is 9.15 Å². The van der Waals surface area contributed by atoms with Crippen LogP contribution in [0.5, 0.6) is 0 Å². The Morgan fingerprint density at radius 3 is 2.45 bits per heavy atom. The Labute approximate surface area is 124 Å². The van der Waals surface area contributed by atoms with Crippen LogP contribution in [-0.2, 0) is 17.9 Å². The summed E-state index contributed by atoms with van der Waals surface area (Å²) in [7, 11) is 0. The molecule has 0 aromatic carbocycles. The summed E-state index contributed by atoms with van der Waals surface area (Å²) in [6.07, 6.45) is 1.37. The van der Waals surface area contributed by atoms with E-state index in [-0.39, 0.29) is 6.10 Å². The van der Waals surface area contributed by atoms with Crippen LogP contribution in [0.2, 0.25) is 0 Å². The molecule has 0 bridgehead atoms. The van der Waals surface area contributed by atoms with Gasteiger partial charge in [0.1, 0.15) is 18.1 Å². The maximum atomic E-state index is 5.86. The van der Waals surface area contributed by atoms with Gasteiger partial charge < -0.3 is 14.5 Å². The fourth-order valence-electron chi connectivity index (χ4n) is 2.27. The van der Waals surface area contributed by atoms with E-state index in [1.807, 2.05) is 0 Å². The minimum Gasteiger partial charge on any atom is -0.462 e. The topological polar surface area (TPSA) is 34.4 Å². The molecule has 0 saturated heterocycles. The fraction of sp³-hybridized carbons (Fsp3) is 0.765. The Morgan fingerprint density at radius 2 is 1.85 bits per heavy atom. The van der Waals surface area contributed by atoms with Crippen LogP contribution >= 0.6 is 0 Å². The molecule has 0 aliphatic carbocycles. The molecule has 1 rings (SSSR count). The third-order valence-electron chi connectivity index (χ3n) is 3.22. The first-order valence-electron chi connectivity index (χ1n) is 7.79. The van der Waals surface area contributed by atoms with Crippen molar-refractivity contribution < 1.29 is 9.15 Å². The molecule has 0 saturated carbocycles. The second-order valence-corrected chi connectivity index (χ2v) is 6.59. The number of furan rings is 1. The largest absolute Gasteiger partial charge is 0.462 e. The average molecular weight is 281 g/mol. The lowest BCUT2D eigenvalue weighted by molar-refractivity contribution is 0.0298. The highest BCUT2D eigenvalue weighted by atomic mass is 16.5. The summed E-state index contributed by atoms with van der Waals surface area (Å²) in [5.74, 6) is 3.28. The number of aryl methyl sites for hydroxylation is 1. The van der Waals surface area contributed by atoms with Crippen molar-refractivity contribution in [1.82, 2.24) is 5.32 Å². The van der Waals surface area contributed by atoms with Crippen molar-refractivity contribution in [2.24, 2.45) is 11.8 Å². The molecule has 1 N–H and O–H groups in total. The summed E-state index contributed by atoms with van der Waals surface area (Å²) in [5, 5.41) is 3.41. The van der Waals surface area contributed by atoms with Crippen LogP contribution in [0, 0.1) is 18.8 Å². The Balaban J connectivity index is 2.40. The van der Waals surface area contributed by atoms with Crippen LogP contribution in [0.25, 0.3) is 0 Å². The molecular weight excluding hydrogens is 250 g/mol. The molecule has 0 aliphatic rings. The van der Waals surface area contributed by atoms with E-state index in [0.29, 0.717) is 18.4 Å². The summed E-state index contributed by atoms with van der Waals surface area (Å²) >= 11 is 0. The number of hydrogen-bond donors (Lipinski definition) is 1. The molecule has 1 heterocycles. The van der Waals surface area contributed by atoms with Crippen molar-refractivity contribution in [2.45, 2.75) is 67.2 Å². The van der Waals surface area contributed by atoms with Gasteiger partial charge in [0.15, 0.2) is 0 Å². The van der Waals surface area contributed by atoms with Crippen LogP contribution < -0.4 is 5.32 Å². The van der Waals surface area contributed by atoms with E-state index in [1.54, 1.807) is 0 Å². The van der Waals surface area contributed by atoms with E-state index in [1.165, 1.54) is 5.56 Å². The van der Waals surface area contributed by atoms with Gasteiger partial charge in [0, 0.05) is 0 Å². The van der Waals surface area contributed by atoms with Crippen LogP contribution in [0.1, 0.15) is 58.1 Å². The normalized spacial score (nSPS) is 13.4. The van der Waals surface area contributed by atoms with Gasteiger partial charge in [0.05, 0.1) is 12.6 Å². The van der Waals surface area contributed by atoms with Gasteiger partial charge in [-0.1, -0.05) is 27.7 Å². The van der Waals surface area contributed by atoms with E-state index >= 15 is 0 Å². The van der Waals surface area contributed by atoms with Crippen LogP contribution in [-0.4, -0.2) is 12.6 Å². The quantitative estimate of drug-likeness (QED) is 0.733. The van der Waals surface area contributed by atoms with Gasteiger partial charge in [0.2, 0.25) is 0 Å². The zero-order valence-corrected chi connectivity index (χ0v) is 14.0. The Kier molecular flexibility index (Phi) is 7.31. The second-order valence-electron chi connectivity index (χ2n) is 6.59. The standard InChI is InChI=1S/C17H31NO2/c1-12(2)7-15(6)19-11-16-8-14(5)17(20-16)10-18-9-13(3)4/h8,12-13,15,18H,7,9-11H2,1-6H3. The van der Waals surface area contributed by atoms with Crippen molar-refractivity contribution in [3.63, 3.8) is 0 Å².